The summed E-state index contributed by atoms with van der Waals surface area (Å²) < 4.78 is 11.6. The standard InChI is InChI=1S/C26H25ClN2O5S/c1-26(2,3)34-25(32)28-13-12-18-20-21(30)19(23(31)29-24(20)35-22(18)27)15-8-7-11-17(14-15)33-16-9-5-4-6-10-16/h4-11,14H,12-13H2,1-3H3,(H,28,32)(H2,29,30,31). The minimum Gasteiger partial charge on any atom is -0.506 e. The molecule has 0 aliphatic carbocycles. The molecule has 0 aliphatic rings. The molecule has 2 aromatic heterocycles. The van der Waals surface area contributed by atoms with E-state index in [0.29, 0.717) is 43.6 Å². The fourth-order valence-electron chi connectivity index (χ4n) is 3.61. The highest BCUT2D eigenvalue weighted by atomic mass is 35.5. The van der Waals surface area contributed by atoms with Gasteiger partial charge in [-0.2, -0.15) is 0 Å². The summed E-state index contributed by atoms with van der Waals surface area (Å²) in [5.41, 5.74) is 0.200. The Labute approximate surface area is 211 Å². The molecular formula is C26H25ClN2O5S. The highest BCUT2D eigenvalue weighted by Gasteiger charge is 2.22. The molecule has 9 heteroatoms. The molecule has 0 radical (unpaired) electrons. The smallest absolute Gasteiger partial charge is 0.407 e. The number of hydrogen-bond acceptors (Lipinski definition) is 6. The molecule has 0 saturated carbocycles. The number of rotatable bonds is 6. The van der Waals surface area contributed by atoms with Gasteiger partial charge in [-0.15, -0.1) is 11.3 Å². The second-order valence-corrected chi connectivity index (χ2v) is 10.5. The third-order valence-electron chi connectivity index (χ3n) is 5.03. The van der Waals surface area contributed by atoms with Gasteiger partial charge in [-0.3, -0.25) is 4.79 Å². The van der Waals surface area contributed by atoms with Gasteiger partial charge in [0.25, 0.3) is 5.56 Å². The first-order valence-electron chi connectivity index (χ1n) is 11.0. The van der Waals surface area contributed by atoms with Crippen molar-refractivity contribution in [2.24, 2.45) is 0 Å². The summed E-state index contributed by atoms with van der Waals surface area (Å²) >= 11 is 7.62. The molecule has 0 aliphatic heterocycles. The van der Waals surface area contributed by atoms with E-state index in [-0.39, 0.29) is 17.9 Å². The molecule has 0 spiro atoms. The van der Waals surface area contributed by atoms with E-state index in [2.05, 4.69) is 10.3 Å². The zero-order valence-electron chi connectivity index (χ0n) is 19.5. The number of aromatic nitrogens is 1. The number of hydrogen-bond donors (Lipinski definition) is 3. The van der Waals surface area contributed by atoms with Gasteiger partial charge >= 0.3 is 6.09 Å². The van der Waals surface area contributed by atoms with Gasteiger partial charge in [0.1, 0.15) is 27.7 Å². The number of fused-ring (bicyclic) bond motifs is 1. The Morgan fingerprint density at radius 3 is 2.54 bits per heavy atom. The third-order valence-corrected chi connectivity index (χ3v) is 6.43. The van der Waals surface area contributed by atoms with E-state index in [0.717, 1.165) is 0 Å². The second-order valence-electron chi connectivity index (χ2n) is 8.86. The molecule has 35 heavy (non-hydrogen) atoms. The van der Waals surface area contributed by atoms with Crippen LogP contribution in [-0.4, -0.2) is 28.3 Å². The van der Waals surface area contributed by atoms with Gasteiger partial charge in [0.15, 0.2) is 0 Å². The number of aromatic hydroxyl groups is 1. The van der Waals surface area contributed by atoms with Crippen LogP contribution in [0.15, 0.2) is 59.4 Å². The lowest BCUT2D eigenvalue weighted by Gasteiger charge is -2.19. The van der Waals surface area contributed by atoms with Crippen LogP contribution in [0.1, 0.15) is 26.3 Å². The summed E-state index contributed by atoms with van der Waals surface area (Å²) in [5.74, 6) is 1.01. The lowest BCUT2D eigenvalue weighted by molar-refractivity contribution is 0.0528. The summed E-state index contributed by atoms with van der Waals surface area (Å²) in [7, 11) is 0. The molecule has 2 aromatic carbocycles. The Kier molecular flexibility index (Phi) is 7.05. The van der Waals surface area contributed by atoms with Gasteiger partial charge in [-0.1, -0.05) is 41.9 Å². The van der Waals surface area contributed by atoms with Crippen LogP contribution in [0.2, 0.25) is 4.34 Å². The molecule has 2 heterocycles. The SMILES string of the molecule is CC(C)(C)OC(=O)NCCc1c(Cl)sc2[nH]c(=O)c(-c3cccc(Oc4ccccc4)c3)c(O)c12. The van der Waals surface area contributed by atoms with E-state index >= 15 is 0 Å². The maximum absolute atomic E-state index is 12.9. The number of amides is 1. The first-order chi connectivity index (χ1) is 16.6. The van der Waals surface area contributed by atoms with Crippen molar-refractivity contribution < 1.29 is 19.4 Å². The van der Waals surface area contributed by atoms with Crippen LogP contribution in [0.4, 0.5) is 4.79 Å². The van der Waals surface area contributed by atoms with Crippen LogP contribution in [0.3, 0.4) is 0 Å². The molecule has 7 nitrogen and oxygen atoms in total. The maximum atomic E-state index is 12.9. The van der Waals surface area contributed by atoms with E-state index in [1.807, 2.05) is 30.3 Å². The number of aromatic amines is 1. The van der Waals surface area contributed by atoms with Crippen molar-refractivity contribution in [2.75, 3.05) is 6.54 Å². The van der Waals surface area contributed by atoms with Crippen molar-refractivity contribution in [3.05, 3.63) is 74.9 Å². The van der Waals surface area contributed by atoms with Crippen molar-refractivity contribution >= 4 is 39.2 Å². The molecule has 0 fully saturated rings. The summed E-state index contributed by atoms with van der Waals surface area (Å²) in [6.07, 6.45) is -0.199. The number of H-pyrrole nitrogens is 1. The molecule has 4 rings (SSSR count). The minimum absolute atomic E-state index is 0.117. The van der Waals surface area contributed by atoms with Gasteiger partial charge in [0, 0.05) is 6.54 Å². The number of halogens is 1. The Morgan fingerprint density at radius 1 is 1.11 bits per heavy atom. The zero-order chi connectivity index (χ0) is 25.2. The first kappa shape index (κ1) is 24.6. The highest BCUT2D eigenvalue weighted by molar-refractivity contribution is 7.22. The fraction of sp³-hybridized carbons (Fsp3) is 0.231. The molecular weight excluding hydrogens is 488 g/mol. The number of para-hydroxylation sites is 1. The monoisotopic (exact) mass is 512 g/mol. The first-order valence-corrected chi connectivity index (χ1v) is 12.2. The average molecular weight is 513 g/mol. The van der Waals surface area contributed by atoms with Gasteiger partial charge in [-0.25, -0.2) is 4.79 Å². The summed E-state index contributed by atoms with van der Waals surface area (Å²) in [6.45, 7) is 5.59. The minimum atomic E-state index is -0.609. The number of carbonyl (C=O) groups is 1. The number of ether oxygens (including phenoxy) is 2. The Morgan fingerprint density at radius 2 is 1.83 bits per heavy atom. The quantitative estimate of drug-likeness (QED) is 0.274. The van der Waals surface area contributed by atoms with Crippen LogP contribution in [0.5, 0.6) is 17.2 Å². The largest absolute Gasteiger partial charge is 0.506 e. The van der Waals surface area contributed by atoms with E-state index in [9.17, 15) is 14.7 Å². The number of nitrogens with one attached hydrogen (secondary N) is 2. The van der Waals surface area contributed by atoms with Crippen LogP contribution in [0.25, 0.3) is 21.3 Å². The topological polar surface area (TPSA) is 101 Å². The van der Waals surface area contributed by atoms with Crippen molar-refractivity contribution in [1.82, 2.24) is 10.3 Å². The molecule has 0 unspecified atom stereocenters. The molecule has 182 valence electrons. The van der Waals surface area contributed by atoms with Crippen molar-refractivity contribution in [1.29, 1.82) is 0 Å². The van der Waals surface area contributed by atoms with Crippen LogP contribution in [-0.2, 0) is 11.2 Å². The average Bonchev–Trinajstić information content (AvgIpc) is 3.08. The van der Waals surface area contributed by atoms with E-state index in [1.165, 1.54) is 11.3 Å². The molecule has 3 N–H and O–H groups in total. The van der Waals surface area contributed by atoms with Crippen molar-refractivity contribution in [3.8, 4) is 28.4 Å². The van der Waals surface area contributed by atoms with E-state index in [1.54, 1.807) is 45.0 Å². The fourth-order valence-corrected chi connectivity index (χ4v) is 5.00. The van der Waals surface area contributed by atoms with Gasteiger partial charge in [0.2, 0.25) is 0 Å². The zero-order valence-corrected chi connectivity index (χ0v) is 21.0. The van der Waals surface area contributed by atoms with Gasteiger partial charge < -0.3 is 24.9 Å². The van der Waals surface area contributed by atoms with Crippen molar-refractivity contribution in [3.63, 3.8) is 0 Å². The number of thiophene rings is 1. The Balaban J connectivity index is 1.65. The third kappa shape index (κ3) is 5.78. The Hall–Kier alpha value is -3.49. The predicted molar refractivity (Wildman–Crippen MR) is 139 cm³/mol. The predicted octanol–water partition coefficient (Wildman–Crippen LogP) is 6.48. The van der Waals surface area contributed by atoms with Crippen molar-refractivity contribution in [2.45, 2.75) is 32.8 Å². The van der Waals surface area contributed by atoms with Crippen LogP contribution >= 0.6 is 22.9 Å². The lowest BCUT2D eigenvalue weighted by atomic mass is 10.0. The van der Waals surface area contributed by atoms with Gasteiger partial charge in [-0.05, 0) is 62.6 Å². The second kappa shape index (κ2) is 10.0. The summed E-state index contributed by atoms with van der Waals surface area (Å²) in [6, 6.07) is 16.2. The molecule has 0 saturated heterocycles. The van der Waals surface area contributed by atoms with Gasteiger partial charge in [0.05, 0.1) is 15.3 Å². The summed E-state index contributed by atoms with van der Waals surface area (Å²) in [5, 5.41) is 14.3. The highest BCUT2D eigenvalue weighted by Crippen LogP contribution is 2.42. The number of alkyl carbamates (subject to hydrolysis) is 1. The van der Waals surface area contributed by atoms with E-state index < -0.39 is 17.3 Å². The van der Waals surface area contributed by atoms with Crippen LogP contribution in [0, 0.1) is 0 Å². The lowest BCUT2D eigenvalue weighted by Crippen LogP contribution is -2.33. The van der Waals surface area contributed by atoms with Crippen LogP contribution < -0.4 is 15.6 Å². The summed E-state index contributed by atoms with van der Waals surface area (Å²) in [4.78, 5) is 28.2. The molecule has 1 amide bonds. The Bertz CT molecular complexity index is 1420. The molecule has 4 aromatic rings. The normalized spacial score (nSPS) is 11.4. The molecule has 0 atom stereocenters. The van der Waals surface area contributed by atoms with E-state index in [4.69, 9.17) is 21.1 Å². The molecule has 0 bridgehead atoms. The maximum Gasteiger partial charge on any atom is 0.407 e. The number of benzene rings is 2. The number of carbonyl (C=O) groups excluding carboxylic acids is 1. The number of pyridine rings is 1.